The van der Waals surface area contributed by atoms with E-state index in [-0.39, 0.29) is 6.10 Å². The molecular weight excluding hydrogens is 392 g/mol. The van der Waals surface area contributed by atoms with Gasteiger partial charge in [-0.3, -0.25) is 9.59 Å². The monoisotopic (exact) mass is 414 g/mol. The topological polar surface area (TPSA) is 58.6 Å². The number of carbonyl (C=O) groups excluding carboxylic acids is 2. The van der Waals surface area contributed by atoms with Crippen LogP contribution in [0.4, 0.5) is 5.69 Å². The van der Waals surface area contributed by atoms with Crippen LogP contribution in [0.2, 0.25) is 0 Å². The maximum Gasteiger partial charge on any atom is 0.313 e. The molecule has 2 amide bonds. The van der Waals surface area contributed by atoms with Crippen molar-refractivity contribution in [1.82, 2.24) is 4.90 Å². The molecule has 0 unspecified atom stereocenters. The standard InChI is InChI=1S/C21H22N2O3S2/c24-19(22-17-8-4-7-16(13-17)21-27-11-12-28-21)20(25)23-9-10-26-18(14-23)15-5-2-1-3-6-15/h1-8,13,18,21H,9-12,14H2,(H,22,24)/t18-/m0/s1. The maximum absolute atomic E-state index is 12.7. The van der Waals surface area contributed by atoms with Gasteiger partial charge in [0.1, 0.15) is 6.10 Å². The zero-order valence-electron chi connectivity index (χ0n) is 15.4. The average Bonchev–Trinajstić information content (AvgIpc) is 3.29. The first-order chi connectivity index (χ1) is 13.7. The number of benzene rings is 2. The van der Waals surface area contributed by atoms with Gasteiger partial charge in [-0.05, 0) is 23.3 Å². The van der Waals surface area contributed by atoms with Crippen molar-refractivity contribution in [2.24, 2.45) is 0 Å². The number of rotatable bonds is 3. The van der Waals surface area contributed by atoms with Crippen LogP contribution in [0.5, 0.6) is 0 Å². The van der Waals surface area contributed by atoms with Gasteiger partial charge in [0, 0.05) is 23.7 Å². The lowest BCUT2D eigenvalue weighted by Gasteiger charge is -2.32. The van der Waals surface area contributed by atoms with E-state index in [2.05, 4.69) is 11.4 Å². The van der Waals surface area contributed by atoms with Crippen molar-refractivity contribution in [3.05, 3.63) is 65.7 Å². The summed E-state index contributed by atoms with van der Waals surface area (Å²) in [5.41, 5.74) is 2.85. The van der Waals surface area contributed by atoms with Crippen LogP contribution in [0, 0.1) is 0 Å². The van der Waals surface area contributed by atoms with Crippen molar-refractivity contribution < 1.29 is 14.3 Å². The molecule has 2 aromatic carbocycles. The Hall–Kier alpha value is -1.96. The molecule has 5 nitrogen and oxygen atoms in total. The molecule has 0 bridgehead atoms. The van der Waals surface area contributed by atoms with E-state index in [1.165, 1.54) is 5.56 Å². The predicted molar refractivity (Wildman–Crippen MR) is 114 cm³/mol. The van der Waals surface area contributed by atoms with E-state index in [0.29, 0.717) is 30.0 Å². The van der Waals surface area contributed by atoms with Gasteiger partial charge in [-0.15, -0.1) is 23.5 Å². The molecular formula is C21H22N2O3S2. The summed E-state index contributed by atoms with van der Waals surface area (Å²) in [6.45, 7) is 1.22. The summed E-state index contributed by atoms with van der Waals surface area (Å²) in [5, 5.41) is 2.77. The van der Waals surface area contributed by atoms with E-state index in [4.69, 9.17) is 4.74 Å². The lowest BCUT2D eigenvalue weighted by atomic mass is 10.1. The lowest BCUT2D eigenvalue weighted by Crippen LogP contribution is -2.46. The highest BCUT2D eigenvalue weighted by Gasteiger charge is 2.29. The number of nitrogens with one attached hydrogen (secondary N) is 1. The highest BCUT2D eigenvalue weighted by Crippen LogP contribution is 2.45. The first-order valence-corrected chi connectivity index (χ1v) is 11.4. The van der Waals surface area contributed by atoms with Crippen molar-refractivity contribution in [1.29, 1.82) is 0 Å². The molecule has 28 heavy (non-hydrogen) atoms. The Labute approximate surface area is 173 Å². The molecule has 146 valence electrons. The van der Waals surface area contributed by atoms with Crippen LogP contribution in [-0.2, 0) is 14.3 Å². The number of nitrogens with zero attached hydrogens (tertiary/aromatic N) is 1. The van der Waals surface area contributed by atoms with Crippen molar-refractivity contribution >= 4 is 41.0 Å². The van der Waals surface area contributed by atoms with Crippen molar-refractivity contribution in [3.63, 3.8) is 0 Å². The van der Waals surface area contributed by atoms with Gasteiger partial charge in [0.05, 0.1) is 17.7 Å². The van der Waals surface area contributed by atoms with Gasteiger partial charge in [0.2, 0.25) is 0 Å². The van der Waals surface area contributed by atoms with Crippen LogP contribution < -0.4 is 5.32 Å². The molecule has 2 aromatic rings. The molecule has 0 aromatic heterocycles. The second-order valence-corrected chi connectivity index (χ2v) is 9.40. The molecule has 0 radical (unpaired) electrons. The van der Waals surface area contributed by atoms with Gasteiger partial charge in [0.15, 0.2) is 0 Å². The smallest absolute Gasteiger partial charge is 0.313 e. The predicted octanol–water partition coefficient (Wildman–Crippen LogP) is 3.70. The summed E-state index contributed by atoms with van der Waals surface area (Å²) in [5.74, 6) is 1.17. The molecule has 0 aliphatic carbocycles. The Balaban J connectivity index is 1.39. The summed E-state index contributed by atoms with van der Waals surface area (Å²) < 4.78 is 6.19. The number of anilines is 1. The zero-order chi connectivity index (χ0) is 19.3. The molecule has 1 atom stereocenters. The first-order valence-electron chi connectivity index (χ1n) is 9.31. The third kappa shape index (κ3) is 4.54. The molecule has 4 rings (SSSR count). The van der Waals surface area contributed by atoms with Gasteiger partial charge in [-0.25, -0.2) is 0 Å². The van der Waals surface area contributed by atoms with Crippen molar-refractivity contribution in [2.45, 2.75) is 10.7 Å². The van der Waals surface area contributed by atoms with Gasteiger partial charge in [-0.1, -0.05) is 42.5 Å². The third-order valence-electron chi connectivity index (χ3n) is 4.76. The minimum atomic E-state index is -0.599. The summed E-state index contributed by atoms with van der Waals surface area (Å²) in [7, 11) is 0. The van der Waals surface area contributed by atoms with Crippen LogP contribution in [0.1, 0.15) is 21.8 Å². The Bertz CT molecular complexity index is 841. The lowest BCUT2D eigenvalue weighted by molar-refractivity contribution is -0.148. The number of morpholine rings is 1. The van der Waals surface area contributed by atoms with E-state index >= 15 is 0 Å². The minimum Gasteiger partial charge on any atom is -0.370 e. The number of amides is 2. The van der Waals surface area contributed by atoms with Crippen LogP contribution in [-0.4, -0.2) is 47.9 Å². The number of thioether (sulfide) groups is 2. The number of hydrogen-bond donors (Lipinski definition) is 1. The number of ether oxygens (including phenoxy) is 1. The maximum atomic E-state index is 12.7. The second kappa shape index (κ2) is 9.03. The Morgan fingerprint density at radius 2 is 1.75 bits per heavy atom. The van der Waals surface area contributed by atoms with E-state index in [1.54, 1.807) is 4.90 Å². The third-order valence-corrected chi connectivity index (χ3v) is 7.86. The average molecular weight is 415 g/mol. The summed E-state index contributed by atoms with van der Waals surface area (Å²) >= 11 is 3.82. The fourth-order valence-corrected chi connectivity index (χ4v) is 6.18. The second-order valence-electron chi connectivity index (χ2n) is 6.67. The van der Waals surface area contributed by atoms with Crippen LogP contribution >= 0.6 is 23.5 Å². The Morgan fingerprint density at radius 3 is 2.54 bits per heavy atom. The van der Waals surface area contributed by atoms with Crippen molar-refractivity contribution in [2.75, 3.05) is 36.5 Å². The highest BCUT2D eigenvalue weighted by molar-refractivity contribution is 8.19. The Morgan fingerprint density at radius 1 is 1.00 bits per heavy atom. The molecule has 0 saturated carbocycles. The van der Waals surface area contributed by atoms with Gasteiger partial charge in [-0.2, -0.15) is 0 Å². The quantitative estimate of drug-likeness (QED) is 0.776. The summed E-state index contributed by atoms with van der Waals surface area (Å²) in [6.07, 6.45) is -0.202. The summed E-state index contributed by atoms with van der Waals surface area (Å²) in [6, 6.07) is 17.6. The van der Waals surface area contributed by atoms with Crippen molar-refractivity contribution in [3.8, 4) is 0 Å². The molecule has 7 heteroatoms. The number of carbonyl (C=O) groups is 2. The fraction of sp³-hybridized carbons (Fsp3) is 0.333. The molecule has 2 saturated heterocycles. The van der Waals surface area contributed by atoms with E-state index in [9.17, 15) is 9.59 Å². The zero-order valence-corrected chi connectivity index (χ0v) is 17.0. The van der Waals surface area contributed by atoms with Gasteiger partial charge < -0.3 is 15.0 Å². The van der Waals surface area contributed by atoms with E-state index in [0.717, 1.165) is 17.1 Å². The van der Waals surface area contributed by atoms with Gasteiger partial charge in [0.25, 0.3) is 0 Å². The van der Waals surface area contributed by atoms with E-state index in [1.807, 2.05) is 72.1 Å². The van der Waals surface area contributed by atoms with E-state index < -0.39 is 11.8 Å². The molecule has 2 aliphatic heterocycles. The number of hydrogen-bond acceptors (Lipinski definition) is 5. The van der Waals surface area contributed by atoms with Crippen LogP contribution in [0.3, 0.4) is 0 Å². The summed E-state index contributed by atoms with van der Waals surface area (Å²) in [4.78, 5) is 26.8. The fourth-order valence-electron chi connectivity index (χ4n) is 3.35. The highest BCUT2D eigenvalue weighted by atomic mass is 32.2. The normalized spacial score (nSPS) is 20.1. The first kappa shape index (κ1) is 19.4. The molecule has 2 fully saturated rings. The molecule has 0 spiro atoms. The molecule has 2 heterocycles. The SMILES string of the molecule is O=C(Nc1cccc(C2SCCS2)c1)C(=O)N1CCO[C@H](c2ccccc2)C1. The van der Waals surface area contributed by atoms with Crippen LogP contribution in [0.15, 0.2) is 54.6 Å². The van der Waals surface area contributed by atoms with Crippen LogP contribution in [0.25, 0.3) is 0 Å². The largest absolute Gasteiger partial charge is 0.370 e. The minimum absolute atomic E-state index is 0.202. The Kier molecular flexibility index (Phi) is 6.24. The van der Waals surface area contributed by atoms with Gasteiger partial charge >= 0.3 is 11.8 Å². The molecule has 2 aliphatic rings. The molecule has 1 N–H and O–H groups in total.